The molecule has 96 valence electrons. The smallest absolute Gasteiger partial charge is 0.259 e. The third kappa shape index (κ3) is 1.73. The van der Waals surface area contributed by atoms with Crippen molar-refractivity contribution < 1.29 is 9.53 Å². The van der Waals surface area contributed by atoms with Gasteiger partial charge in [-0.3, -0.25) is 4.79 Å². The number of ether oxygens (including phenoxy) is 1. The standard InChI is InChI=1S/C15H14N2O2/c1-19-14-8-3-2-7-13(14)17-9-11-10(15(17)18)5-4-6-12(11)16/h2-8H,9,16H2,1H3. The summed E-state index contributed by atoms with van der Waals surface area (Å²) in [5.74, 6) is 0.647. The average Bonchev–Trinajstić information content (AvgIpc) is 2.78. The predicted octanol–water partition coefficient (Wildman–Crippen LogP) is 2.44. The number of rotatable bonds is 2. The molecule has 0 saturated heterocycles. The molecule has 0 aliphatic carbocycles. The van der Waals surface area contributed by atoms with E-state index in [1.807, 2.05) is 36.4 Å². The molecule has 0 spiro atoms. The maximum atomic E-state index is 12.4. The van der Waals surface area contributed by atoms with Crippen molar-refractivity contribution in [2.24, 2.45) is 0 Å². The number of nitrogens with two attached hydrogens (primary N) is 1. The zero-order valence-corrected chi connectivity index (χ0v) is 10.6. The summed E-state index contributed by atoms with van der Waals surface area (Å²) in [6, 6.07) is 12.9. The molecule has 0 bridgehead atoms. The largest absolute Gasteiger partial charge is 0.495 e. The number of nitrogens with zero attached hydrogens (tertiary/aromatic N) is 1. The van der Waals surface area contributed by atoms with Gasteiger partial charge < -0.3 is 15.4 Å². The van der Waals surface area contributed by atoms with Crippen molar-refractivity contribution in [3.05, 3.63) is 53.6 Å². The van der Waals surface area contributed by atoms with Crippen LogP contribution in [0.1, 0.15) is 15.9 Å². The lowest BCUT2D eigenvalue weighted by atomic mass is 10.1. The van der Waals surface area contributed by atoms with Crippen LogP contribution in [0.25, 0.3) is 0 Å². The van der Waals surface area contributed by atoms with E-state index in [0.29, 0.717) is 23.5 Å². The molecule has 1 amide bonds. The van der Waals surface area contributed by atoms with E-state index in [2.05, 4.69) is 0 Å². The van der Waals surface area contributed by atoms with Crippen molar-refractivity contribution in [2.75, 3.05) is 17.7 Å². The first-order valence-corrected chi connectivity index (χ1v) is 6.04. The minimum Gasteiger partial charge on any atom is -0.495 e. The van der Waals surface area contributed by atoms with Gasteiger partial charge in [-0.1, -0.05) is 18.2 Å². The van der Waals surface area contributed by atoms with Crippen molar-refractivity contribution in [1.82, 2.24) is 0 Å². The summed E-state index contributed by atoms with van der Waals surface area (Å²) < 4.78 is 5.31. The van der Waals surface area contributed by atoms with E-state index in [1.54, 1.807) is 18.1 Å². The zero-order chi connectivity index (χ0) is 13.4. The van der Waals surface area contributed by atoms with Crippen molar-refractivity contribution >= 4 is 17.3 Å². The Labute approximate surface area is 111 Å². The van der Waals surface area contributed by atoms with Gasteiger partial charge in [0.05, 0.1) is 19.3 Å². The van der Waals surface area contributed by atoms with E-state index in [0.717, 1.165) is 11.3 Å². The van der Waals surface area contributed by atoms with E-state index >= 15 is 0 Å². The lowest BCUT2D eigenvalue weighted by Crippen LogP contribution is -2.23. The topological polar surface area (TPSA) is 55.6 Å². The summed E-state index contributed by atoms with van der Waals surface area (Å²) in [5.41, 5.74) is 8.92. The highest BCUT2D eigenvalue weighted by molar-refractivity contribution is 6.11. The zero-order valence-electron chi connectivity index (χ0n) is 10.6. The molecular weight excluding hydrogens is 240 g/mol. The number of hydrogen-bond acceptors (Lipinski definition) is 3. The minimum atomic E-state index is -0.0354. The Balaban J connectivity index is 2.07. The molecule has 0 aromatic heterocycles. The predicted molar refractivity (Wildman–Crippen MR) is 74.4 cm³/mol. The number of amides is 1. The molecule has 2 aromatic carbocycles. The number of hydrogen-bond donors (Lipinski definition) is 1. The van der Waals surface area contributed by atoms with Crippen molar-refractivity contribution in [3.63, 3.8) is 0 Å². The number of nitrogen functional groups attached to an aromatic ring is 1. The van der Waals surface area contributed by atoms with Crippen LogP contribution in [-0.2, 0) is 6.54 Å². The van der Waals surface area contributed by atoms with Crippen LogP contribution in [0.15, 0.2) is 42.5 Å². The second-order valence-corrected chi connectivity index (χ2v) is 4.44. The second-order valence-electron chi connectivity index (χ2n) is 4.44. The molecule has 3 rings (SSSR count). The summed E-state index contributed by atoms with van der Waals surface area (Å²) in [5, 5.41) is 0. The van der Waals surface area contributed by atoms with Gasteiger partial charge >= 0.3 is 0 Å². The first-order valence-electron chi connectivity index (χ1n) is 6.04. The quantitative estimate of drug-likeness (QED) is 0.837. The third-order valence-electron chi connectivity index (χ3n) is 3.38. The first kappa shape index (κ1) is 11.6. The van der Waals surface area contributed by atoms with Crippen molar-refractivity contribution in [2.45, 2.75) is 6.54 Å². The van der Waals surface area contributed by atoms with Crippen LogP contribution >= 0.6 is 0 Å². The van der Waals surface area contributed by atoms with Crippen LogP contribution in [-0.4, -0.2) is 13.0 Å². The van der Waals surface area contributed by atoms with Crippen LogP contribution in [0.4, 0.5) is 11.4 Å². The molecule has 2 aromatic rings. The lowest BCUT2D eigenvalue weighted by molar-refractivity contribution is 0.0996. The Bertz CT molecular complexity index is 652. The number of fused-ring (bicyclic) bond motifs is 1. The molecule has 1 aliphatic rings. The summed E-state index contributed by atoms with van der Waals surface area (Å²) in [4.78, 5) is 14.1. The van der Waals surface area contributed by atoms with Gasteiger partial charge in [0.2, 0.25) is 0 Å². The van der Waals surface area contributed by atoms with E-state index in [1.165, 1.54) is 0 Å². The highest BCUT2D eigenvalue weighted by atomic mass is 16.5. The molecule has 0 saturated carbocycles. The van der Waals surface area contributed by atoms with Gasteiger partial charge in [0.1, 0.15) is 5.75 Å². The third-order valence-corrected chi connectivity index (χ3v) is 3.38. The SMILES string of the molecule is COc1ccccc1N1Cc2c(N)cccc2C1=O. The molecular formula is C15H14N2O2. The van der Waals surface area contributed by atoms with Crippen LogP contribution in [0, 0.1) is 0 Å². The Kier molecular flexibility index (Phi) is 2.63. The molecule has 4 nitrogen and oxygen atoms in total. The summed E-state index contributed by atoms with van der Waals surface area (Å²) in [6.07, 6.45) is 0. The average molecular weight is 254 g/mol. The fraction of sp³-hybridized carbons (Fsp3) is 0.133. The van der Waals surface area contributed by atoms with Crippen LogP contribution in [0.2, 0.25) is 0 Å². The van der Waals surface area contributed by atoms with E-state index in [9.17, 15) is 4.79 Å². The van der Waals surface area contributed by atoms with Crippen LogP contribution < -0.4 is 15.4 Å². The Hall–Kier alpha value is -2.49. The number of methoxy groups -OCH3 is 1. The van der Waals surface area contributed by atoms with Gasteiger partial charge in [0.15, 0.2) is 0 Å². The van der Waals surface area contributed by atoms with Gasteiger partial charge in [0.25, 0.3) is 5.91 Å². The van der Waals surface area contributed by atoms with E-state index < -0.39 is 0 Å². The monoisotopic (exact) mass is 254 g/mol. The summed E-state index contributed by atoms with van der Waals surface area (Å²) in [6.45, 7) is 0.487. The number of anilines is 2. The maximum absolute atomic E-state index is 12.4. The van der Waals surface area contributed by atoms with Gasteiger partial charge in [-0.25, -0.2) is 0 Å². The maximum Gasteiger partial charge on any atom is 0.259 e. The summed E-state index contributed by atoms with van der Waals surface area (Å²) in [7, 11) is 1.60. The Morgan fingerprint density at radius 1 is 1.16 bits per heavy atom. The van der Waals surface area contributed by atoms with Crippen LogP contribution in [0.5, 0.6) is 5.75 Å². The van der Waals surface area contributed by atoms with Crippen molar-refractivity contribution in [1.29, 1.82) is 0 Å². The highest BCUT2D eigenvalue weighted by Crippen LogP contribution is 2.36. The number of para-hydroxylation sites is 2. The fourth-order valence-corrected chi connectivity index (χ4v) is 2.40. The normalized spacial score (nSPS) is 13.5. The van der Waals surface area contributed by atoms with Crippen LogP contribution in [0.3, 0.4) is 0 Å². The fourth-order valence-electron chi connectivity index (χ4n) is 2.40. The molecule has 0 radical (unpaired) electrons. The Morgan fingerprint density at radius 3 is 2.68 bits per heavy atom. The first-order chi connectivity index (χ1) is 9.22. The van der Waals surface area contributed by atoms with Gasteiger partial charge in [-0.2, -0.15) is 0 Å². The molecule has 0 fully saturated rings. The Morgan fingerprint density at radius 2 is 1.95 bits per heavy atom. The van der Waals surface area contributed by atoms with Crippen molar-refractivity contribution in [3.8, 4) is 5.75 Å². The van der Waals surface area contributed by atoms with Gasteiger partial charge in [0, 0.05) is 16.8 Å². The highest BCUT2D eigenvalue weighted by Gasteiger charge is 2.31. The molecule has 2 N–H and O–H groups in total. The molecule has 19 heavy (non-hydrogen) atoms. The number of carbonyl (C=O) groups is 1. The number of carbonyl (C=O) groups excluding carboxylic acids is 1. The molecule has 1 aliphatic heterocycles. The molecule has 1 heterocycles. The molecule has 0 atom stereocenters. The lowest BCUT2D eigenvalue weighted by Gasteiger charge is -2.18. The molecule has 0 unspecified atom stereocenters. The van der Waals surface area contributed by atoms with E-state index in [4.69, 9.17) is 10.5 Å². The van der Waals surface area contributed by atoms with Gasteiger partial charge in [-0.15, -0.1) is 0 Å². The number of benzene rings is 2. The minimum absolute atomic E-state index is 0.0354. The molecule has 4 heteroatoms. The second kappa shape index (κ2) is 4.31. The summed E-state index contributed by atoms with van der Waals surface area (Å²) >= 11 is 0. The van der Waals surface area contributed by atoms with E-state index in [-0.39, 0.29) is 5.91 Å². The van der Waals surface area contributed by atoms with Gasteiger partial charge in [-0.05, 0) is 24.3 Å².